The first kappa shape index (κ1) is 7.49. The van der Waals surface area contributed by atoms with E-state index in [9.17, 15) is 4.79 Å². The molecule has 2 aromatic rings. The molecule has 0 spiro atoms. The van der Waals surface area contributed by atoms with Crippen molar-refractivity contribution >= 4 is 33.3 Å². The van der Waals surface area contributed by atoms with Gasteiger partial charge in [0.05, 0.1) is 0 Å². The quantitative estimate of drug-likeness (QED) is 0.701. The van der Waals surface area contributed by atoms with Gasteiger partial charge in [-0.2, -0.15) is 0 Å². The highest BCUT2D eigenvalue weighted by Gasteiger charge is 2.04. The lowest BCUT2D eigenvalue weighted by Gasteiger charge is -1.93. The van der Waals surface area contributed by atoms with E-state index in [1.54, 1.807) is 12.1 Å². The van der Waals surface area contributed by atoms with Crippen molar-refractivity contribution in [3.63, 3.8) is 0 Å². The van der Waals surface area contributed by atoms with E-state index in [1.165, 1.54) is 6.39 Å². The first-order valence-corrected chi connectivity index (χ1v) is 4.08. The molecule has 3 nitrogen and oxygen atoms in total. The molecule has 0 N–H and O–H groups in total. The molecular formula is C8H4BrNO2. The maximum absolute atomic E-state index is 10.5. The van der Waals surface area contributed by atoms with E-state index in [0.717, 1.165) is 16.3 Å². The van der Waals surface area contributed by atoms with Gasteiger partial charge in [-0.15, -0.1) is 0 Å². The summed E-state index contributed by atoms with van der Waals surface area (Å²) >= 11 is 3.25. The van der Waals surface area contributed by atoms with Crippen LogP contribution in [0.1, 0.15) is 10.4 Å². The summed E-state index contributed by atoms with van der Waals surface area (Å²) in [5.74, 6) is 0. The monoisotopic (exact) mass is 225 g/mol. The number of halogens is 1. The van der Waals surface area contributed by atoms with Gasteiger partial charge in [0.1, 0.15) is 5.52 Å². The molecule has 1 aromatic heterocycles. The van der Waals surface area contributed by atoms with Crippen molar-refractivity contribution in [3.8, 4) is 0 Å². The highest BCUT2D eigenvalue weighted by Crippen LogP contribution is 2.22. The second kappa shape index (κ2) is 2.71. The first-order valence-electron chi connectivity index (χ1n) is 3.29. The van der Waals surface area contributed by atoms with E-state index < -0.39 is 0 Å². The average molecular weight is 226 g/mol. The Kier molecular flexibility index (Phi) is 1.69. The van der Waals surface area contributed by atoms with Crippen molar-refractivity contribution in [2.45, 2.75) is 0 Å². The molecule has 2 rings (SSSR count). The van der Waals surface area contributed by atoms with Crippen LogP contribution in [0.2, 0.25) is 0 Å². The predicted molar refractivity (Wildman–Crippen MR) is 47.1 cm³/mol. The third kappa shape index (κ3) is 1.04. The summed E-state index contributed by atoms with van der Waals surface area (Å²) in [6.07, 6.45) is 2.12. The van der Waals surface area contributed by atoms with E-state index in [2.05, 4.69) is 20.9 Å². The lowest BCUT2D eigenvalue weighted by Crippen LogP contribution is -1.81. The standard InChI is InChI=1S/C8H4BrNO2/c9-6-2-7-8(12-4-10-7)1-5(6)3-11/h1-4H. The number of carbonyl (C=O) groups is 1. The number of oxazole rings is 1. The molecule has 0 atom stereocenters. The molecule has 1 aromatic carbocycles. The summed E-state index contributed by atoms with van der Waals surface area (Å²) in [5.41, 5.74) is 1.94. The molecule has 0 aliphatic heterocycles. The van der Waals surface area contributed by atoms with Crippen molar-refractivity contribution in [2.75, 3.05) is 0 Å². The number of hydrogen-bond acceptors (Lipinski definition) is 3. The van der Waals surface area contributed by atoms with E-state index in [1.807, 2.05) is 0 Å². The molecule has 0 radical (unpaired) electrons. The number of benzene rings is 1. The van der Waals surface area contributed by atoms with Crippen molar-refractivity contribution in [3.05, 3.63) is 28.6 Å². The Morgan fingerprint density at radius 3 is 3.08 bits per heavy atom. The maximum atomic E-state index is 10.5. The smallest absolute Gasteiger partial charge is 0.181 e. The number of nitrogens with zero attached hydrogens (tertiary/aromatic N) is 1. The van der Waals surface area contributed by atoms with Crippen LogP contribution in [0.3, 0.4) is 0 Å². The number of carbonyl (C=O) groups excluding carboxylic acids is 1. The van der Waals surface area contributed by atoms with Gasteiger partial charge in [0.25, 0.3) is 0 Å². The molecule has 0 saturated carbocycles. The number of rotatable bonds is 1. The summed E-state index contributed by atoms with van der Waals surface area (Å²) < 4.78 is 5.76. The Morgan fingerprint density at radius 1 is 1.50 bits per heavy atom. The zero-order valence-corrected chi connectivity index (χ0v) is 7.54. The summed E-state index contributed by atoms with van der Waals surface area (Å²) in [6.45, 7) is 0. The minimum absolute atomic E-state index is 0.569. The molecule has 0 bridgehead atoms. The third-order valence-corrected chi connectivity index (χ3v) is 2.26. The SMILES string of the molecule is O=Cc1cc2ocnc2cc1Br. The predicted octanol–water partition coefficient (Wildman–Crippen LogP) is 2.40. The highest BCUT2D eigenvalue weighted by molar-refractivity contribution is 9.10. The normalized spacial score (nSPS) is 10.4. The summed E-state index contributed by atoms with van der Waals surface area (Å²) in [7, 11) is 0. The van der Waals surface area contributed by atoms with E-state index in [4.69, 9.17) is 4.42 Å². The Balaban J connectivity index is 2.81. The van der Waals surface area contributed by atoms with Gasteiger partial charge in [0, 0.05) is 10.0 Å². The zero-order valence-electron chi connectivity index (χ0n) is 5.95. The Morgan fingerprint density at radius 2 is 2.33 bits per heavy atom. The molecule has 0 saturated heterocycles. The maximum Gasteiger partial charge on any atom is 0.181 e. The van der Waals surface area contributed by atoms with E-state index >= 15 is 0 Å². The van der Waals surface area contributed by atoms with Crippen LogP contribution in [0, 0.1) is 0 Å². The molecule has 12 heavy (non-hydrogen) atoms. The number of fused-ring (bicyclic) bond motifs is 1. The molecule has 1 heterocycles. The molecule has 0 aliphatic rings. The molecule has 4 heteroatoms. The minimum atomic E-state index is 0.569. The van der Waals surface area contributed by atoms with Crippen LogP contribution < -0.4 is 0 Å². The zero-order chi connectivity index (χ0) is 8.55. The second-order valence-electron chi connectivity index (χ2n) is 2.31. The number of aldehydes is 1. The van der Waals surface area contributed by atoms with Gasteiger partial charge in [-0.3, -0.25) is 4.79 Å². The Labute approximate surface area is 76.5 Å². The molecule has 0 aliphatic carbocycles. The Hall–Kier alpha value is -1.16. The molecule has 60 valence electrons. The summed E-state index contributed by atoms with van der Waals surface area (Å²) in [5, 5.41) is 0. The van der Waals surface area contributed by atoms with Gasteiger partial charge in [0.2, 0.25) is 0 Å². The first-order chi connectivity index (χ1) is 5.81. The lowest BCUT2D eigenvalue weighted by molar-refractivity contribution is 0.112. The topological polar surface area (TPSA) is 43.1 Å². The Bertz CT molecular complexity index is 436. The van der Waals surface area contributed by atoms with Crippen LogP contribution in [-0.4, -0.2) is 11.3 Å². The van der Waals surface area contributed by atoms with Crippen molar-refractivity contribution in [2.24, 2.45) is 0 Å². The fraction of sp³-hybridized carbons (Fsp3) is 0. The number of aromatic nitrogens is 1. The lowest BCUT2D eigenvalue weighted by atomic mass is 10.2. The van der Waals surface area contributed by atoms with Gasteiger partial charge >= 0.3 is 0 Å². The van der Waals surface area contributed by atoms with Gasteiger partial charge in [-0.25, -0.2) is 4.98 Å². The van der Waals surface area contributed by atoms with E-state index in [0.29, 0.717) is 11.1 Å². The van der Waals surface area contributed by atoms with Gasteiger partial charge < -0.3 is 4.42 Å². The van der Waals surface area contributed by atoms with Crippen LogP contribution in [0.25, 0.3) is 11.1 Å². The fourth-order valence-corrected chi connectivity index (χ4v) is 1.41. The molecule has 0 amide bonds. The average Bonchev–Trinajstić information content (AvgIpc) is 2.49. The summed E-state index contributed by atoms with van der Waals surface area (Å²) in [4.78, 5) is 14.4. The van der Waals surface area contributed by atoms with Gasteiger partial charge in [0.15, 0.2) is 18.3 Å². The molecular weight excluding hydrogens is 222 g/mol. The van der Waals surface area contributed by atoms with Crippen molar-refractivity contribution in [1.29, 1.82) is 0 Å². The van der Waals surface area contributed by atoms with E-state index in [-0.39, 0.29) is 0 Å². The number of hydrogen-bond donors (Lipinski definition) is 0. The third-order valence-electron chi connectivity index (χ3n) is 1.58. The van der Waals surface area contributed by atoms with Crippen LogP contribution in [0.15, 0.2) is 27.4 Å². The van der Waals surface area contributed by atoms with Crippen LogP contribution in [0.5, 0.6) is 0 Å². The summed E-state index contributed by atoms with van der Waals surface area (Å²) in [6, 6.07) is 3.40. The second-order valence-corrected chi connectivity index (χ2v) is 3.17. The molecule has 0 fully saturated rings. The van der Waals surface area contributed by atoms with Crippen molar-refractivity contribution in [1.82, 2.24) is 4.98 Å². The minimum Gasteiger partial charge on any atom is -0.443 e. The molecule has 0 unspecified atom stereocenters. The largest absolute Gasteiger partial charge is 0.443 e. The van der Waals surface area contributed by atoms with Crippen LogP contribution in [0.4, 0.5) is 0 Å². The van der Waals surface area contributed by atoms with Crippen molar-refractivity contribution < 1.29 is 9.21 Å². The van der Waals surface area contributed by atoms with Crippen LogP contribution >= 0.6 is 15.9 Å². The van der Waals surface area contributed by atoms with Gasteiger partial charge in [-0.1, -0.05) is 0 Å². The highest BCUT2D eigenvalue weighted by atomic mass is 79.9. The fourth-order valence-electron chi connectivity index (χ4n) is 0.984. The van der Waals surface area contributed by atoms with Gasteiger partial charge in [-0.05, 0) is 28.1 Å². The van der Waals surface area contributed by atoms with Crippen LogP contribution in [-0.2, 0) is 0 Å².